The molecule has 2 atom stereocenters. The van der Waals surface area contributed by atoms with Gasteiger partial charge in [0, 0.05) is 18.0 Å². The summed E-state index contributed by atoms with van der Waals surface area (Å²) in [4.78, 5) is 3.77. The normalized spacial score (nSPS) is 19.4. The predicted octanol–water partition coefficient (Wildman–Crippen LogP) is 5.19. The van der Waals surface area contributed by atoms with E-state index in [-0.39, 0.29) is 5.75 Å². The molecule has 0 aromatic heterocycles. The Morgan fingerprint density at radius 3 is 2.67 bits per heavy atom. The van der Waals surface area contributed by atoms with Crippen molar-refractivity contribution in [2.45, 2.75) is 36.0 Å². The number of phenolic OH excluding ortho intramolecular Hbond substituents is 1. The van der Waals surface area contributed by atoms with Gasteiger partial charge in [-0.3, -0.25) is 4.21 Å². The number of hydrogen-bond acceptors (Lipinski definition) is 5. The number of hydrogen-bond donors (Lipinski definition) is 1. The zero-order valence-corrected chi connectivity index (χ0v) is 17.7. The zero-order valence-electron chi connectivity index (χ0n) is 16.1. The summed E-state index contributed by atoms with van der Waals surface area (Å²) in [7, 11) is 0.538. The van der Waals surface area contributed by atoms with Crippen molar-refractivity contribution in [1.29, 1.82) is 0 Å². The topological polar surface area (TPSA) is 49.8 Å². The lowest BCUT2D eigenvalue weighted by atomic mass is 10.0. The predicted molar refractivity (Wildman–Crippen MR) is 114 cm³/mol. The van der Waals surface area contributed by atoms with Crippen LogP contribution in [0.25, 0.3) is 0 Å². The summed E-state index contributed by atoms with van der Waals surface area (Å²) in [6, 6.07) is 11.6. The first-order chi connectivity index (χ1) is 13.1. The Bertz CT molecular complexity index is 808. The van der Waals surface area contributed by atoms with Gasteiger partial charge in [-0.1, -0.05) is 19.8 Å². The number of phenols is 1. The van der Waals surface area contributed by atoms with Gasteiger partial charge in [0.05, 0.1) is 33.4 Å². The molecule has 0 amide bonds. The van der Waals surface area contributed by atoms with Crippen molar-refractivity contribution in [3.05, 3.63) is 36.4 Å². The van der Waals surface area contributed by atoms with Gasteiger partial charge in [-0.15, -0.1) is 11.8 Å². The monoisotopic (exact) mass is 405 g/mol. The first kappa shape index (κ1) is 20.1. The van der Waals surface area contributed by atoms with Crippen molar-refractivity contribution in [2.75, 3.05) is 30.6 Å². The summed E-state index contributed by atoms with van der Waals surface area (Å²) in [5.74, 6) is 2.00. The summed E-state index contributed by atoms with van der Waals surface area (Å²) in [6.07, 6.45) is 5.27. The SMILES string of the molecule is CCCCC1CN(c2ccc(OC)cc2)c2cc(SC)c(O)cc2S(=O)C1. The summed E-state index contributed by atoms with van der Waals surface area (Å²) >= 11 is 1.50. The number of thioether (sulfide) groups is 1. The standard InChI is InChI=1S/C21H27NO3S2/c1-4-5-6-15-13-22(16-7-9-17(25-2)10-8-16)18-11-20(26-3)19(23)12-21(18)27(24)14-15/h7-12,15,23H,4-6,13-14H2,1-3H3. The van der Waals surface area contributed by atoms with E-state index in [2.05, 4.69) is 11.8 Å². The molecule has 3 rings (SSSR count). The average Bonchev–Trinajstić information content (AvgIpc) is 2.82. The molecule has 0 aliphatic carbocycles. The van der Waals surface area contributed by atoms with Crippen molar-refractivity contribution in [3.63, 3.8) is 0 Å². The van der Waals surface area contributed by atoms with Crippen LogP contribution in [0.4, 0.5) is 11.4 Å². The minimum atomic E-state index is -1.12. The van der Waals surface area contributed by atoms with Crippen LogP contribution in [-0.4, -0.2) is 35.0 Å². The third kappa shape index (κ3) is 4.43. The molecule has 2 unspecified atom stereocenters. The zero-order chi connectivity index (χ0) is 19.4. The lowest BCUT2D eigenvalue weighted by Crippen LogP contribution is -2.25. The lowest BCUT2D eigenvalue weighted by Gasteiger charge is -2.28. The molecule has 146 valence electrons. The third-order valence-electron chi connectivity index (χ3n) is 4.97. The van der Waals surface area contributed by atoms with E-state index in [1.165, 1.54) is 11.8 Å². The van der Waals surface area contributed by atoms with Gasteiger partial charge in [-0.2, -0.15) is 0 Å². The van der Waals surface area contributed by atoms with E-state index in [1.807, 2.05) is 36.6 Å². The van der Waals surface area contributed by atoms with Crippen LogP contribution < -0.4 is 9.64 Å². The van der Waals surface area contributed by atoms with Crippen molar-refractivity contribution in [2.24, 2.45) is 5.92 Å². The number of rotatable bonds is 6. The number of unbranched alkanes of at least 4 members (excludes halogenated alkanes) is 1. The Hall–Kier alpha value is -1.66. The highest BCUT2D eigenvalue weighted by Crippen LogP contribution is 2.41. The maximum atomic E-state index is 13.1. The van der Waals surface area contributed by atoms with Crippen LogP contribution in [0.2, 0.25) is 0 Å². The van der Waals surface area contributed by atoms with Crippen LogP contribution in [0.1, 0.15) is 26.2 Å². The van der Waals surface area contributed by atoms with E-state index in [9.17, 15) is 9.32 Å². The maximum Gasteiger partial charge on any atom is 0.130 e. The van der Waals surface area contributed by atoms with Crippen LogP contribution in [0.15, 0.2) is 46.2 Å². The largest absolute Gasteiger partial charge is 0.507 e. The highest BCUT2D eigenvalue weighted by Gasteiger charge is 2.28. The highest BCUT2D eigenvalue weighted by molar-refractivity contribution is 7.98. The molecule has 2 aromatic carbocycles. The quantitative estimate of drug-likeness (QED) is 0.670. The van der Waals surface area contributed by atoms with Gasteiger partial charge in [0.25, 0.3) is 0 Å². The van der Waals surface area contributed by atoms with Crippen LogP contribution >= 0.6 is 11.8 Å². The second-order valence-electron chi connectivity index (χ2n) is 6.82. The second kappa shape index (κ2) is 9.02. The molecule has 0 saturated heterocycles. The van der Waals surface area contributed by atoms with Crippen molar-refractivity contribution >= 4 is 33.9 Å². The van der Waals surface area contributed by atoms with Crippen molar-refractivity contribution < 1.29 is 14.1 Å². The fraction of sp³-hybridized carbons (Fsp3) is 0.429. The lowest BCUT2D eigenvalue weighted by molar-refractivity contribution is 0.415. The number of methoxy groups -OCH3 is 1. The van der Waals surface area contributed by atoms with E-state index in [0.717, 1.165) is 52.7 Å². The molecule has 1 N–H and O–H groups in total. The Labute approximate surface area is 168 Å². The van der Waals surface area contributed by atoms with E-state index in [1.54, 1.807) is 13.2 Å². The van der Waals surface area contributed by atoms with Crippen LogP contribution in [-0.2, 0) is 10.8 Å². The van der Waals surface area contributed by atoms with Gasteiger partial charge in [-0.05, 0) is 55.0 Å². The first-order valence-corrected chi connectivity index (χ1v) is 11.8. The molecule has 4 nitrogen and oxygen atoms in total. The molecule has 0 radical (unpaired) electrons. The van der Waals surface area contributed by atoms with Gasteiger partial charge >= 0.3 is 0 Å². The number of aromatic hydroxyl groups is 1. The fourth-order valence-electron chi connectivity index (χ4n) is 3.48. The smallest absolute Gasteiger partial charge is 0.130 e. The van der Waals surface area contributed by atoms with Crippen molar-refractivity contribution in [3.8, 4) is 11.5 Å². The van der Waals surface area contributed by atoms with Gasteiger partial charge in [0.2, 0.25) is 0 Å². The van der Waals surface area contributed by atoms with Crippen molar-refractivity contribution in [1.82, 2.24) is 0 Å². The number of benzene rings is 2. The number of nitrogens with zero attached hydrogens (tertiary/aromatic N) is 1. The summed E-state index contributed by atoms with van der Waals surface area (Å²) in [6.45, 7) is 3.01. The fourth-order valence-corrected chi connectivity index (χ4v) is 5.51. The molecule has 0 spiro atoms. The molecule has 1 heterocycles. The summed E-state index contributed by atoms with van der Waals surface area (Å²) in [5, 5.41) is 10.3. The molecule has 0 fully saturated rings. The Balaban J connectivity index is 2.08. The molecular weight excluding hydrogens is 378 g/mol. The molecule has 1 aliphatic rings. The number of anilines is 2. The molecule has 0 bridgehead atoms. The summed E-state index contributed by atoms with van der Waals surface area (Å²) < 4.78 is 18.3. The first-order valence-electron chi connectivity index (χ1n) is 9.28. The Kier molecular flexibility index (Phi) is 6.71. The Morgan fingerprint density at radius 1 is 1.30 bits per heavy atom. The van der Waals surface area contributed by atoms with Gasteiger partial charge in [-0.25, -0.2) is 0 Å². The van der Waals surface area contributed by atoms with Gasteiger partial charge < -0.3 is 14.7 Å². The maximum absolute atomic E-state index is 13.1. The molecule has 6 heteroatoms. The molecule has 2 aromatic rings. The van der Waals surface area contributed by atoms with Gasteiger partial charge in [0.15, 0.2) is 0 Å². The molecule has 27 heavy (non-hydrogen) atoms. The van der Waals surface area contributed by atoms with Crippen LogP contribution in [0.5, 0.6) is 11.5 Å². The highest BCUT2D eigenvalue weighted by atomic mass is 32.2. The third-order valence-corrected chi connectivity index (χ3v) is 7.33. The average molecular weight is 406 g/mol. The molecular formula is C21H27NO3S2. The van der Waals surface area contributed by atoms with Crippen LogP contribution in [0, 0.1) is 5.92 Å². The molecule has 0 saturated carbocycles. The summed E-state index contributed by atoms with van der Waals surface area (Å²) in [5.41, 5.74) is 1.98. The number of fused-ring (bicyclic) bond motifs is 1. The molecule has 1 aliphatic heterocycles. The van der Waals surface area contributed by atoms with E-state index >= 15 is 0 Å². The van der Waals surface area contributed by atoms with E-state index < -0.39 is 10.8 Å². The van der Waals surface area contributed by atoms with Crippen LogP contribution in [0.3, 0.4) is 0 Å². The minimum absolute atomic E-state index is 0.205. The van der Waals surface area contributed by atoms with Gasteiger partial charge in [0.1, 0.15) is 11.5 Å². The number of ether oxygens (including phenoxy) is 1. The van der Waals surface area contributed by atoms with E-state index in [4.69, 9.17) is 4.74 Å². The Morgan fingerprint density at radius 2 is 2.04 bits per heavy atom. The minimum Gasteiger partial charge on any atom is -0.507 e. The van der Waals surface area contributed by atoms with E-state index in [0.29, 0.717) is 11.7 Å². The second-order valence-corrected chi connectivity index (χ2v) is 9.13.